The summed E-state index contributed by atoms with van der Waals surface area (Å²) in [6.07, 6.45) is 7.78. The van der Waals surface area contributed by atoms with E-state index in [2.05, 4.69) is 6.58 Å². The van der Waals surface area contributed by atoms with Crippen LogP contribution in [0.3, 0.4) is 0 Å². The van der Waals surface area contributed by atoms with Crippen molar-refractivity contribution in [2.24, 2.45) is 0 Å². The van der Waals surface area contributed by atoms with E-state index in [4.69, 9.17) is 20.8 Å². The van der Waals surface area contributed by atoms with Gasteiger partial charge in [-0.3, -0.25) is 0 Å². The number of allylic oxidation sites excluding steroid dienone is 5. The van der Waals surface area contributed by atoms with Crippen molar-refractivity contribution in [2.45, 2.75) is 6.92 Å². The first kappa shape index (κ1) is 15.4. The van der Waals surface area contributed by atoms with E-state index in [1.54, 1.807) is 13.2 Å². The van der Waals surface area contributed by atoms with Crippen molar-refractivity contribution in [2.75, 3.05) is 7.11 Å². The highest BCUT2D eigenvalue weighted by atomic mass is 35.5. The van der Waals surface area contributed by atoms with E-state index in [0.717, 1.165) is 27.5 Å². The predicted octanol–water partition coefficient (Wildman–Crippen LogP) is 6.39. The minimum Gasteiger partial charge on any atom is -0.493 e. The molecule has 3 heteroatoms. The number of rotatable bonds is 4. The van der Waals surface area contributed by atoms with Crippen molar-refractivity contribution in [1.29, 1.82) is 0 Å². The van der Waals surface area contributed by atoms with Crippen LogP contribution in [0.4, 0.5) is 0 Å². The van der Waals surface area contributed by atoms with E-state index in [1.807, 2.05) is 55.5 Å². The van der Waals surface area contributed by atoms with Gasteiger partial charge >= 0.3 is 0 Å². The molecule has 0 aliphatic carbocycles. The summed E-state index contributed by atoms with van der Waals surface area (Å²) in [4.78, 5) is 0. The third kappa shape index (κ3) is 2.55. The molecular formula is C20H17ClO2. The molecule has 0 atom stereocenters. The number of hydrogen-bond donors (Lipinski definition) is 0. The standard InChI is InChI=1S/C20H17ClO2/c1-4-7-13(8-5-2)14-11-12-17(22-3)20-18(14)19-15(21)9-6-10-16(19)23-20/h4-12H,1H2,2-3H3/b8-5-,13-7+. The number of hydrogen-bond acceptors (Lipinski definition) is 2. The van der Waals surface area contributed by atoms with Crippen LogP contribution in [0.5, 0.6) is 5.75 Å². The molecule has 3 rings (SSSR count). The molecule has 1 heterocycles. The summed E-state index contributed by atoms with van der Waals surface area (Å²) in [7, 11) is 1.63. The molecule has 0 aliphatic heterocycles. The van der Waals surface area contributed by atoms with E-state index in [-0.39, 0.29) is 0 Å². The molecule has 0 aliphatic rings. The average Bonchev–Trinajstić information content (AvgIpc) is 2.94. The smallest absolute Gasteiger partial charge is 0.177 e. The molecule has 0 N–H and O–H groups in total. The fraction of sp³-hybridized carbons (Fsp3) is 0.100. The second-order valence-corrected chi connectivity index (χ2v) is 5.50. The Labute approximate surface area is 140 Å². The third-order valence-corrected chi connectivity index (χ3v) is 4.05. The number of furan rings is 1. The summed E-state index contributed by atoms with van der Waals surface area (Å²) in [5.74, 6) is 0.689. The van der Waals surface area contributed by atoms with E-state index in [1.165, 1.54) is 0 Å². The lowest BCUT2D eigenvalue weighted by Crippen LogP contribution is -1.88. The van der Waals surface area contributed by atoms with Gasteiger partial charge in [-0.05, 0) is 42.3 Å². The van der Waals surface area contributed by atoms with Gasteiger partial charge in [-0.15, -0.1) is 0 Å². The molecule has 0 saturated carbocycles. The van der Waals surface area contributed by atoms with Gasteiger partial charge in [0, 0.05) is 10.8 Å². The molecule has 23 heavy (non-hydrogen) atoms. The van der Waals surface area contributed by atoms with Gasteiger partial charge in [-0.2, -0.15) is 0 Å². The van der Waals surface area contributed by atoms with Crippen molar-refractivity contribution in [3.05, 3.63) is 71.8 Å². The van der Waals surface area contributed by atoms with Crippen LogP contribution in [0.2, 0.25) is 5.02 Å². The Balaban J connectivity index is 2.50. The van der Waals surface area contributed by atoms with Crippen LogP contribution in [-0.2, 0) is 0 Å². The maximum absolute atomic E-state index is 6.45. The molecule has 0 saturated heterocycles. The zero-order chi connectivity index (χ0) is 16.4. The van der Waals surface area contributed by atoms with Crippen molar-refractivity contribution >= 4 is 39.1 Å². The molecule has 0 radical (unpaired) electrons. The fourth-order valence-electron chi connectivity index (χ4n) is 2.80. The Morgan fingerprint density at radius 1 is 1.22 bits per heavy atom. The molecule has 2 nitrogen and oxygen atoms in total. The Morgan fingerprint density at radius 2 is 2.04 bits per heavy atom. The first-order valence-corrected chi connectivity index (χ1v) is 7.72. The largest absolute Gasteiger partial charge is 0.493 e. The number of fused-ring (bicyclic) bond motifs is 3. The highest BCUT2D eigenvalue weighted by molar-refractivity contribution is 6.38. The SMILES string of the molecule is C=C/C=C(\C=C/C)c1ccc(OC)c2oc3cccc(Cl)c3c12. The molecular weight excluding hydrogens is 308 g/mol. The van der Waals surface area contributed by atoms with Gasteiger partial charge in [0.15, 0.2) is 11.3 Å². The monoisotopic (exact) mass is 324 g/mol. The summed E-state index contributed by atoms with van der Waals surface area (Å²) >= 11 is 6.45. The van der Waals surface area contributed by atoms with E-state index >= 15 is 0 Å². The zero-order valence-electron chi connectivity index (χ0n) is 13.1. The molecule has 0 bridgehead atoms. The van der Waals surface area contributed by atoms with Crippen LogP contribution in [0.25, 0.3) is 27.5 Å². The predicted molar refractivity (Wildman–Crippen MR) is 98.3 cm³/mol. The molecule has 2 aromatic carbocycles. The van der Waals surface area contributed by atoms with Gasteiger partial charge in [0.2, 0.25) is 0 Å². The van der Waals surface area contributed by atoms with Gasteiger partial charge in [-0.1, -0.05) is 48.6 Å². The first-order chi connectivity index (χ1) is 11.2. The lowest BCUT2D eigenvalue weighted by Gasteiger charge is -2.08. The van der Waals surface area contributed by atoms with Crippen LogP contribution in [0.15, 0.2) is 65.6 Å². The molecule has 3 aromatic rings. The van der Waals surface area contributed by atoms with Gasteiger partial charge < -0.3 is 9.15 Å². The van der Waals surface area contributed by atoms with Crippen LogP contribution in [0, 0.1) is 0 Å². The Hall–Kier alpha value is -2.45. The summed E-state index contributed by atoms with van der Waals surface area (Å²) in [5.41, 5.74) is 3.52. The van der Waals surface area contributed by atoms with Crippen molar-refractivity contribution < 1.29 is 9.15 Å². The summed E-state index contributed by atoms with van der Waals surface area (Å²) < 4.78 is 11.5. The van der Waals surface area contributed by atoms with E-state index < -0.39 is 0 Å². The minimum atomic E-state index is 0.661. The maximum Gasteiger partial charge on any atom is 0.177 e. The molecule has 1 aromatic heterocycles. The second kappa shape index (κ2) is 6.35. The van der Waals surface area contributed by atoms with Gasteiger partial charge in [0.25, 0.3) is 0 Å². The highest BCUT2D eigenvalue weighted by Gasteiger charge is 2.18. The van der Waals surface area contributed by atoms with Gasteiger partial charge in [0.1, 0.15) is 5.58 Å². The molecule has 116 valence electrons. The van der Waals surface area contributed by atoms with Crippen molar-refractivity contribution in [3.8, 4) is 5.75 Å². The topological polar surface area (TPSA) is 22.4 Å². The van der Waals surface area contributed by atoms with E-state index in [9.17, 15) is 0 Å². The molecule has 0 spiro atoms. The second-order valence-electron chi connectivity index (χ2n) is 5.09. The minimum absolute atomic E-state index is 0.661. The van der Waals surface area contributed by atoms with Crippen molar-refractivity contribution in [3.63, 3.8) is 0 Å². The summed E-state index contributed by atoms with van der Waals surface area (Å²) in [5, 5.41) is 2.52. The van der Waals surface area contributed by atoms with Gasteiger partial charge in [-0.25, -0.2) is 0 Å². The van der Waals surface area contributed by atoms with Crippen molar-refractivity contribution in [1.82, 2.24) is 0 Å². The fourth-order valence-corrected chi connectivity index (χ4v) is 3.06. The van der Waals surface area contributed by atoms with Crippen LogP contribution in [-0.4, -0.2) is 7.11 Å². The lowest BCUT2D eigenvalue weighted by atomic mass is 9.98. The average molecular weight is 325 g/mol. The lowest BCUT2D eigenvalue weighted by molar-refractivity contribution is 0.412. The Kier molecular flexibility index (Phi) is 4.26. The highest BCUT2D eigenvalue weighted by Crippen LogP contribution is 2.42. The zero-order valence-corrected chi connectivity index (χ0v) is 13.9. The summed E-state index contributed by atoms with van der Waals surface area (Å²) in [6, 6.07) is 9.60. The number of methoxy groups -OCH3 is 1. The number of halogens is 1. The van der Waals surface area contributed by atoms with Gasteiger partial charge in [0.05, 0.1) is 12.1 Å². The Morgan fingerprint density at radius 3 is 2.74 bits per heavy atom. The van der Waals surface area contributed by atoms with Crippen LogP contribution in [0.1, 0.15) is 12.5 Å². The normalized spacial score (nSPS) is 12.4. The Bertz CT molecular complexity index is 945. The van der Waals surface area contributed by atoms with E-state index in [0.29, 0.717) is 16.4 Å². The number of benzene rings is 2. The first-order valence-electron chi connectivity index (χ1n) is 7.34. The number of ether oxygens (including phenoxy) is 1. The molecule has 0 amide bonds. The molecule has 0 unspecified atom stereocenters. The molecule has 0 fully saturated rings. The third-order valence-electron chi connectivity index (χ3n) is 3.73. The maximum atomic E-state index is 6.45. The van der Waals surface area contributed by atoms with Crippen LogP contribution < -0.4 is 4.74 Å². The summed E-state index contributed by atoms with van der Waals surface area (Å²) in [6.45, 7) is 5.79. The quantitative estimate of drug-likeness (QED) is 0.518. The van der Waals surface area contributed by atoms with Crippen LogP contribution >= 0.6 is 11.6 Å².